The third-order valence-corrected chi connectivity index (χ3v) is 3.65. The second kappa shape index (κ2) is 8.09. The van der Waals surface area contributed by atoms with Crippen LogP contribution >= 0.6 is 11.3 Å². The van der Waals surface area contributed by atoms with E-state index in [1.807, 2.05) is 30.3 Å². The molecule has 0 aliphatic carbocycles. The van der Waals surface area contributed by atoms with Gasteiger partial charge < -0.3 is 10.1 Å². The highest BCUT2D eigenvalue weighted by molar-refractivity contribution is 7.11. The smallest absolute Gasteiger partial charge is 0.408 e. The summed E-state index contributed by atoms with van der Waals surface area (Å²) in [6, 6.07) is 8.75. The van der Waals surface area contributed by atoms with Crippen LogP contribution in [0.1, 0.15) is 15.4 Å². The number of hydrogen-bond acceptors (Lipinski definition) is 5. The van der Waals surface area contributed by atoms with Crippen molar-refractivity contribution in [3.05, 3.63) is 65.1 Å². The quantitative estimate of drug-likeness (QED) is 0.630. The zero-order valence-electron chi connectivity index (χ0n) is 11.9. The molecule has 0 bridgehead atoms. The van der Waals surface area contributed by atoms with Crippen LogP contribution < -0.4 is 5.32 Å². The lowest BCUT2D eigenvalue weighted by atomic mass is 10.0. The molecule has 6 heteroatoms. The minimum Gasteiger partial charge on any atom is -0.445 e. The van der Waals surface area contributed by atoms with Crippen molar-refractivity contribution in [1.29, 1.82) is 0 Å². The van der Waals surface area contributed by atoms with Gasteiger partial charge in [-0.1, -0.05) is 43.0 Å². The third-order valence-electron chi connectivity index (χ3n) is 2.87. The lowest BCUT2D eigenvalue weighted by molar-refractivity contribution is 0.0926. The molecule has 0 aliphatic rings. The lowest BCUT2D eigenvalue weighted by Gasteiger charge is -2.16. The Morgan fingerprint density at radius 2 is 2.14 bits per heavy atom. The van der Waals surface area contributed by atoms with Crippen molar-refractivity contribution < 1.29 is 14.3 Å². The average Bonchev–Trinajstić information content (AvgIpc) is 3.07. The monoisotopic (exact) mass is 316 g/mol. The number of carbonyl (C=O) groups is 2. The SMILES string of the molecule is C=CCOC(=O)N[C@@H](Cc1ccccc1)C(=O)c1nccs1. The van der Waals surface area contributed by atoms with Gasteiger partial charge in [0, 0.05) is 18.0 Å². The van der Waals surface area contributed by atoms with Gasteiger partial charge >= 0.3 is 6.09 Å². The number of alkyl carbamates (subject to hydrolysis) is 1. The molecule has 1 atom stereocenters. The first kappa shape index (κ1) is 15.9. The number of nitrogens with zero attached hydrogens (tertiary/aromatic N) is 1. The maximum absolute atomic E-state index is 12.5. The van der Waals surface area contributed by atoms with Gasteiger partial charge in [0.15, 0.2) is 5.01 Å². The topological polar surface area (TPSA) is 68.3 Å². The van der Waals surface area contributed by atoms with Crippen molar-refractivity contribution in [2.24, 2.45) is 0 Å². The summed E-state index contributed by atoms with van der Waals surface area (Å²) < 4.78 is 4.89. The number of aromatic nitrogens is 1. The maximum atomic E-state index is 12.5. The molecule has 2 aromatic rings. The molecule has 0 spiro atoms. The maximum Gasteiger partial charge on any atom is 0.408 e. The summed E-state index contributed by atoms with van der Waals surface area (Å²) in [4.78, 5) is 28.2. The summed E-state index contributed by atoms with van der Waals surface area (Å²) in [5, 5.41) is 4.69. The number of rotatable bonds is 7. The number of ether oxygens (including phenoxy) is 1. The van der Waals surface area contributed by atoms with Crippen molar-refractivity contribution in [2.45, 2.75) is 12.5 Å². The van der Waals surface area contributed by atoms with Crippen LogP contribution in [0.15, 0.2) is 54.6 Å². The lowest BCUT2D eigenvalue weighted by Crippen LogP contribution is -2.42. The Balaban J connectivity index is 2.11. The second-order valence-corrected chi connectivity index (χ2v) is 5.37. The highest BCUT2D eigenvalue weighted by Crippen LogP contribution is 2.12. The average molecular weight is 316 g/mol. The summed E-state index contributed by atoms with van der Waals surface area (Å²) in [7, 11) is 0. The van der Waals surface area contributed by atoms with Crippen molar-refractivity contribution in [1.82, 2.24) is 10.3 Å². The molecule has 5 nitrogen and oxygen atoms in total. The minimum atomic E-state index is -0.717. The normalized spacial score (nSPS) is 11.5. The third kappa shape index (κ3) is 4.53. The van der Waals surface area contributed by atoms with E-state index in [4.69, 9.17) is 4.74 Å². The number of ketones is 1. The molecule has 1 N–H and O–H groups in total. The van der Waals surface area contributed by atoms with Crippen LogP contribution in [-0.2, 0) is 11.2 Å². The summed E-state index contributed by atoms with van der Waals surface area (Å²) >= 11 is 1.25. The minimum absolute atomic E-state index is 0.0926. The van der Waals surface area contributed by atoms with E-state index in [-0.39, 0.29) is 12.4 Å². The molecule has 0 aliphatic heterocycles. The fraction of sp³-hybridized carbons (Fsp3) is 0.188. The van der Waals surface area contributed by atoms with E-state index >= 15 is 0 Å². The summed E-state index contributed by atoms with van der Waals surface area (Å²) in [6.07, 6.45) is 2.76. The first-order valence-corrected chi connectivity index (χ1v) is 7.60. The molecule has 0 fully saturated rings. The van der Waals surface area contributed by atoms with E-state index < -0.39 is 12.1 Å². The van der Waals surface area contributed by atoms with Gasteiger partial charge in [0.1, 0.15) is 12.6 Å². The number of nitrogens with one attached hydrogen (secondary N) is 1. The van der Waals surface area contributed by atoms with Crippen molar-refractivity contribution in [3.8, 4) is 0 Å². The Bertz CT molecular complexity index is 626. The molecule has 0 unspecified atom stereocenters. The van der Waals surface area contributed by atoms with E-state index in [2.05, 4.69) is 16.9 Å². The zero-order chi connectivity index (χ0) is 15.8. The van der Waals surface area contributed by atoms with Gasteiger partial charge in [0.25, 0.3) is 0 Å². The Morgan fingerprint density at radius 1 is 1.36 bits per heavy atom. The van der Waals surface area contributed by atoms with Gasteiger partial charge in [0.05, 0.1) is 0 Å². The number of Topliss-reactive ketones (excluding diaryl/α,β-unsaturated/α-hetero) is 1. The standard InChI is InChI=1S/C16H16N2O3S/c1-2-9-21-16(20)18-13(11-12-6-4-3-5-7-12)14(19)15-17-8-10-22-15/h2-8,10,13H,1,9,11H2,(H,18,20)/t13-/m0/s1. The van der Waals surface area contributed by atoms with Crippen molar-refractivity contribution in [2.75, 3.05) is 6.61 Å². The Kier molecular flexibility index (Phi) is 5.85. The largest absolute Gasteiger partial charge is 0.445 e. The molecule has 1 heterocycles. The fourth-order valence-electron chi connectivity index (χ4n) is 1.87. The van der Waals surface area contributed by atoms with E-state index in [0.29, 0.717) is 11.4 Å². The van der Waals surface area contributed by atoms with Gasteiger partial charge in [-0.3, -0.25) is 4.79 Å². The number of amides is 1. The van der Waals surface area contributed by atoms with Crippen molar-refractivity contribution >= 4 is 23.2 Å². The van der Waals surface area contributed by atoms with E-state index in [9.17, 15) is 9.59 Å². The summed E-state index contributed by atoms with van der Waals surface area (Å²) in [6.45, 7) is 3.57. The van der Waals surface area contributed by atoms with Gasteiger partial charge in [-0.2, -0.15) is 0 Å². The predicted molar refractivity (Wildman–Crippen MR) is 85.1 cm³/mol. The molecule has 114 valence electrons. The van der Waals surface area contributed by atoms with E-state index in [0.717, 1.165) is 5.56 Å². The number of thiazole rings is 1. The molecule has 22 heavy (non-hydrogen) atoms. The van der Waals surface area contributed by atoms with Crippen molar-refractivity contribution in [3.63, 3.8) is 0 Å². The number of carbonyl (C=O) groups excluding carboxylic acids is 2. The van der Waals surface area contributed by atoms with Crippen LogP contribution in [0.2, 0.25) is 0 Å². The molecular formula is C16H16N2O3S. The summed E-state index contributed by atoms with van der Waals surface area (Å²) in [5.41, 5.74) is 0.946. The molecule has 1 aromatic carbocycles. The highest BCUT2D eigenvalue weighted by Gasteiger charge is 2.24. The first-order chi connectivity index (χ1) is 10.7. The van der Waals surface area contributed by atoms with Crippen LogP contribution in [0.25, 0.3) is 0 Å². The van der Waals surface area contributed by atoms with Gasteiger partial charge in [-0.15, -0.1) is 11.3 Å². The Labute approximate surface area is 132 Å². The molecule has 0 saturated carbocycles. The fourth-order valence-corrected chi connectivity index (χ4v) is 2.50. The van der Waals surface area contributed by atoms with Crippen LogP contribution in [0.5, 0.6) is 0 Å². The van der Waals surface area contributed by atoms with Gasteiger partial charge in [-0.25, -0.2) is 9.78 Å². The van der Waals surface area contributed by atoms with Gasteiger partial charge in [-0.05, 0) is 5.56 Å². The number of benzene rings is 1. The molecule has 0 saturated heterocycles. The van der Waals surface area contributed by atoms with E-state index in [1.54, 1.807) is 11.6 Å². The number of hydrogen-bond donors (Lipinski definition) is 1. The Hall–Kier alpha value is -2.47. The van der Waals surface area contributed by atoms with Gasteiger partial charge in [0.2, 0.25) is 5.78 Å². The molecule has 1 aromatic heterocycles. The summed E-state index contributed by atoms with van der Waals surface area (Å²) in [5.74, 6) is -0.227. The van der Waals surface area contributed by atoms with Crippen LogP contribution in [0, 0.1) is 0 Å². The second-order valence-electron chi connectivity index (χ2n) is 4.48. The zero-order valence-corrected chi connectivity index (χ0v) is 12.7. The molecular weight excluding hydrogens is 300 g/mol. The molecule has 1 amide bonds. The van der Waals surface area contributed by atoms with Crippen LogP contribution in [-0.4, -0.2) is 29.5 Å². The van der Waals surface area contributed by atoms with Crippen LogP contribution in [0.4, 0.5) is 4.79 Å². The Morgan fingerprint density at radius 3 is 2.77 bits per heavy atom. The molecule has 2 rings (SSSR count). The first-order valence-electron chi connectivity index (χ1n) is 6.72. The predicted octanol–water partition coefficient (Wildman–Crippen LogP) is 2.85. The van der Waals surface area contributed by atoms with E-state index in [1.165, 1.54) is 17.4 Å². The molecule has 0 radical (unpaired) electrons. The highest BCUT2D eigenvalue weighted by atomic mass is 32.1. The van der Waals surface area contributed by atoms with Crippen LogP contribution in [0.3, 0.4) is 0 Å².